The number of benzene rings is 2. The molecule has 4 heteroatoms. The van der Waals surface area contributed by atoms with E-state index < -0.39 is 0 Å². The standard InChI is InChI=1S/C16H14N2O2/c1-11(20-15-9-5-2-6-12(15)10-19)16-17-13-7-3-4-8-14(13)18-16/h2-11H,1H3,(H,17,18). The van der Waals surface area contributed by atoms with Crippen LogP contribution < -0.4 is 4.74 Å². The highest BCUT2D eigenvalue weighted by molar-refractivity contribution is 5.79. The van der Waals surface area contributed by atoms with Gasteiger partial charge in [0.15, 0.2) is 12.4 Å². The van der Waals surface area contributed by atoms with Crippen molar-refractivity contribution in [2.45, 2.75) is 13.0 Å². The first-order valence-corrected chi connectivity index (χ1v) is 6.43. The largest absolute Gasteiger partial charge is 0.482 e. The normalized spacial score (nSPS) is 12.2. The van der Waals surface area contributed by atoms with Crippen LogP contribution in [0.4, 0.5) is 0 Å². The summed E-state index contributed by atoms with van der Waals surface area (Å²) in [6.07, 6.45) is 0.532. The van der Waals surface area contributed by atoms with Gasteiger partial charge in [0.2, 0.25) is 0 Å². The van der Waals surface area contributed by atoms with Gasteiger partial charge in [-0.15, -0.1) is 0 Å². The van der Waals surface area contributed by atoms with Crippen LogP contribution in [0.3, 0.4) is 0 Å². The molecule has 0 aliphatic heterocycles. The predicted molar refractivity (Wildman–Crippen MR) is 77.0 cm³/mol. The van der Waals surface area contributed by atoms with Crippen LogP contribution >= 0.6 is 0 Å². The van der Waals surface area contributed by atoms with Gasteiger partial charge >= 0.3 is 0 Å². The lowest BCUT2D eigenvalue weighted by Crippen LogP contribution is -2.06. The molecule has 1 atom stereocenters. The van der Waals surface area contributed by atoms with Gasteiger partial charge in [0.25, 0.3) is 0 Å². The van der Waals surface area contributed by atoms with Crippen molar-refractivity contribution < 1.29 is 9.53 Å². The highest BCUT2D eigenvalue weighted by Gasteiger charge is 2.13. The first-order valence-electron chi connectivity index (χ1n) is 6.43. The van der Waals surface area contributed by atoms with E-state index in [4.69, 9.17) is 4.74 Å². The number of aromatic nitrogens is 2. The maximum Gasteiger partial charge on any atom is 0.153 e. The molecule has 3 aromatic rings. The maximum absolute atomic E-state index is 11.0. The molecule has 4 nitrogen and oxygen atoms in total. The number of imidazole rings is 1. The predicted octanol–water partition coefficient (Wildman–Crippen LogP) is 3.52. The summed E-state index contributed by atoms with van der Waals surface area (Å²) >= 11 is 0. The van der Waals surface area contributed by atoms with Gasteiger partial charge in [-0.1, -0.05) is 24.3 Å². The Kier molecular flexibility index (Phi) is 3.21. The van der Waals surface area contributed by atoms with E-state index in [9.17, 15) is 4.79 Å². The minimum absolute atomic E-state index is 0.261. The van der Waals surface area contributed by atoms with E-state index in [1.807, 2.05) is 43.3 Å². The molecule has 0 aliphatic carbocycles. The lowest BCUT2D eigenvalue weighted by atomic mass is 10.2. The van der Waals surface area contributed by atoms with Gasteiger partial charge in [0.1, 0.15) is 11.6 Å². The van der Waals surface area contributed by atoms with Crippen molar-refractivity contribution in [3.8, 4) is 5.75 Å². The van der Waals surface area contributed by atoms with Crippen molar-refractivity contribution in [1.82, 2.24) is 9.97 Å². The zero-order valence-electron chi connectivity index (χ0n) is 11.0. The molecule has 3 rings (SSSR count). The molecule has 1 N–H and O–H groups in total. The number of hydrogen-bond donors (Lipinski definition) is 1. The summed E-state index contributed by atoms with van der Waals surface area (Å²) in [6, 6.07) is 15.0. The lowest BCUT2D eigenvalue weighted by molar-refractivity contribution is 0.111. The Morgan fingerprint density at radius 1 is 1.15 bits per heavy atom. The molecule has 100 valence electrons. The molecule has 1 heterocycles. The number of para-hydroxylation sites is 3. The molecule has 0 amide bonds. The number of carbonyl (C=O) groups is 1. The quantitative estimate of drug-likeness (QED) is 0.735. The number of aromatic amines is 1. The third-order valence-electron chi connectivity index (χ3n) is 3.14. The van der Waals surface area contributed by atoms with Crippen LogP contribution in [0.2, 0.25) is 0 Å². The Morgan fingerprint density at radius 3 is 2.70 bits per heavy atom. The van der Waals surface area contributed by atoms with Gasteiger partial charge in [0.05, 0.1) is 16.6 Å². The molecular formula is C16H14N2O2. The average molecular weight is 266 g/mol. The number of fused-ring (bicyclic) bond motifs is 1. The summed E-state index contributed by atoms with van der Waals surface area (Å²) in [5, 5.41) is 0. The Hall–Kier alpha value is -2.62. The second kappa shape index (κ2) is 5.17. The maximum atomic E-state index is 11.0. The van der Waals surface area contributed by atoms with E-state index in [1.165, 1.54) is 0 Å². The summed E-state index contributed by atoms with van der Waals surface area (Å²) in [4.78, 5) is 18.7. The molecule has 0 bridgehead atoms. The Morgan fingerprint density at radius 2 is 1.90 bits per heavy atom. The zero-order valence-corrected chi connectivity index (χ0v) is 11.0. The van der Waals surface area contributed by atoms with Crippen molar-refractivity contribution in [2.24, 2.45) is 0 Å². The second-order valence-corrected chi connectivity index (χ2v) is 4.55. The summed E-state index contributed by atoms with van der Waals surface area (Å²) in [5.41, 5.74) is 2.42. The fourth-order valence-electron chi connectivity index (χ4n) is 2.10. The molecule has 1 unspecified atom stereocenters. The molecule has 0 spiro atoms. The molecule has 0 radical (unpaired) electrons. The number of rotatable bonds is 4. The van der Waals surface area contributed by atoms with Crippen LogP contribution in [0.5, 0.6) is 5.75 Å². The van der Waals surface area contributed by atoms with Crippen molar-refractivity contribution in [1.29, 1.82) is 0 Å². The summed E-state index contributed by atoms with van der Waals surface area (Å²) < 4.78 is 5.83. The second-order valence-electron chi connectivity index (χ2n) is 4.55. The monoisotopic (exact) mass is 266 g/mol. The SMILES string of the molecule is CC(Oc1ccccc1C=O)c1nc2ccccc2[nH]1. The van der Waals surface area contributed by atoms with Crippen molar-refractivity contribution in [2.75, 3.05) is 0 Å². The van der Waals surface area contributed by atoms with Crippen LogP contribution in [0, 0.1) is 0 Å². The van der Waals surface area contributed by atoms with Gasteiger partial charge in [-0.05, 0) is 31.2 Å². The van der Waals surface area contributed by atoms with Crippen LogP contribution in [-0.2, 0) is 0 Å². The fourth-order valence-corrected chi connectivity index (χ4v) is 2.10. The van der Waals surface area contributed by atoms with Crippen molar-refractivity contribution in [3.63, 3.8) is 0 Å². The first-order chi connectivity index (χ1) is 9.78. The Bertz CT molecular complexity index is 716. The van der Waals surface area contributed by atoms with E-state index in [1.54, 1.807) is 12.1 Å². The van der Waals surface area contributed by atoms with Crippen molar-refractivity contribution >= 4 is 17.3 Å². The van der Waals surface area contributed by atoms with E-state index in [2.05, 4.69) is 9.97 Å². The van der Waals surface area contributed by atoms with Gasteiger partial charge in [-0.25, -0.2) is 4.98 Å². The molecule has 0 aliphatic rings. The number of carbonyl (C=O) groups excluding carboxylic acids is 1. The molecule has 1 aromatic heterocycles. The molecule has 2 aromatic carbocycles. The topological polar surface area (TPSA) is 55.0 Å². The number of aldehydes is 1. The van der Waals surface area contributed by atoms with Gasteiger partial charge in [-0.3, -0.25) is 4.79 Å². The van der Waals surface area contributed by atoms with E-state index in [0.29, 0.717) is 11.3 Å². The lowest BCUT2D eigenvalue weighted by Gasteiger charge is -2.13. The molecule has 0 fully saturated rings. The third-order valence-corrected chi connectivity index (χ3v) is 3.14. The summed E-state index contributed by atoms with van der Waals surface area (Å²) in [6.45, 7) is 1.90. The van der Waals surface area contributed by atoms with Gasteiger partial charge < -0.3 is 9.72 Å². The number of nitrogens with zero attached hydrogens (tertiary/aromatic N) is 1. The van der Waals surface area contributed by atoms with Crippen LogP contribution in [0.15, 0.2) is 48.5 Å². The van der Waals surface area contributed by atoms with Crippen molar-refractivity contribution in [3.05, 3.63) is 59.9 Å². The molecule has 20 heavy (non-hydrogen) atoms. The van der Waals surface area contributed by atoms with Crippen LogP contribution in [0.25, 0.3) is 11.0 Å². The molecule has 0 saturated carbocycles. The fraction of sp³-hybridized carbons (Fsp3) is 0.125. The average Bonchev–Trinajstić information content (AvgIpc) is 2.92. The third kappa shape index (κ3) is 2.28. The minimum Gasteiger partial charge on any atom is -0.482 e. The molecular weight excluding hydrogens is 252 g/mol. The van der Waals surface area contributed by atoms with E-state index in [0.717, 1.165) is 23.1 Å². The van der Waals surface area contributed by atoms with Gasteiger partial charge in [-0.2, -0.15) is 0 Å². The Labute approximate surface area is 116 Å². The number of H-pyrrole nitrogens is 1. The highest BCUT2D eigenvalue weighted by atomic mass is 16.5. The van der Waals surface area contributed by atoms with Gasteiger partial charge in [0, 0.05) is 0 Å². The molecule has 0 saturated heterocycles. The van der Waals surface area contributed by atoms with E-state index in [-0.39, 0.29) is 6.10 Å². The summed E-state index contributed by atoms with van der Waals surface area (Å²) in [7, 11) is 0. The number of ether oxygens (including phenoxy) is 1. The minimum atomic E-state index is -0.261. The summed E-state index contributed by atoms with van der Waals surface area (Å²) in [5.74, 6) is 1.31. The number of nitrogens with one attached hydrogen (secondary N) is 1. The smallest absolute Gasteiger partial charge is 0.153 e. The van der Waals surface area contributed by atoms with E-state index >= 15 is 0 Å². The zero-order chi connectivity index (χ0) is 13.9. The van der Waals surface area contributed by atoms with Crippen LogP contribution in [-0.4, -0.2) is 16.3 Å². The first kappa shape index (κ1) is 12.4. The highest BCUT2D eigenvalue weighted by Crippen LogP contribution is 2.24. The Balaban J connectivity index is 1.88. The van der Waals surface area contributed by atoms with Crippen LogP contribution in [0.1, 0.15) is 29.2 Å². The number of hydrogen-bond acceptors (Lipinski definition) is 3.